The van der Waals surface area contributed by atoms with Crippen molar-refractivity contribution < 1.29 is 27.1 Å². The lowest BCUT2D eigenvalue weighted by Crippen LogP contribution is -2.24. The van der Waals surface area contributed by atoms with E-state index in [1.807, 2.05) is 0 Å². The van der Waals surface area contributed by atoms with Crippen LogP contribution in [-0.4, -0.2) is 26.5 Å². The molecule has 0 radical (unpaired) electrons. The van der Waals surface area contributed by atoms with Gasteiger partial charge in [-0.25, -0.2) is 27.3 Å². The number of pyridine rings is 1. The fourth-order valence-corrected chi connectivity index (χ4v) is 3.99. The van der Waals surface area contributed by atoms with Crippen molar-refractivity contribution in [1.29, 1.82) is 0 Å². The van der Waals surface area contributed by atoms with Crippen LogP contribution < -0.4 is 9.46 Å². The lowest BCUT2D eigenvalue weighted by molar-refractivity contribution is 0.0600. The molecule has 1 heterocycles. The molecule has 0 saturated heterocycles. The molecular weight excluding hydrogens is 435 g/mol. The van der Waals surface area contributed by atoms with Crippen LogP contribution in [0.25, 0.3) is 0 Å². The first kappa shape index (κ1) is 21.7. The van der Waals surface area contributed by atoms with E-state index in [9.17, 15) is 17.6 Å². The Hall–Kier alpha value is -3.01. The summed E-state index contributed by atoms with van der Waals surface area (Å²) >= 11 is 6.01. The minimum atomic E-state index is -4.02. The summed E-state index contributed by atoms with van der Waals surface area (Å²) < 4.78 is 50.9. The number of carbonyl (C=O) groups excluding carboxylic acids is 1. The Morgan fingerprint density at radius 2 is 1.87 bits per heavy atom. The third-order valence-electron chi connectivity index (χ3n) is 3.94. The molecule has 0 saturated carbocycles. The second-order valence-electron chi connectivity index (χ2n) is 6.02. The molecule has 156 valence electrons. The molecule has 0 atom stereocenters. The predicted molar refractivity (Wildman–Crippen MR) is 108 cm³/mol. The number of hydrogen-bond acceptors (Lipinski definition) is 6. The summed E-state index contributed by atoms with van der Waals surface area (Å²) in [6.07, 6.45) is 1.45. The van der Waals surface area contributed by atoms with Gasteiger partial charge < -0.3 is 9.47 Å². The van der Waals surface area contributed by atoms with E-state index in [4.69, 9.17) is 16.3 Å². The third kappa shape index (κ3) is 5.32. The van der Waals surface area contributed by atoms with Crippen LogP contribution in [0.3, 0.4) is 0 Å². The minimum absolute atomic E-state index is 0.0368. The van der Waals surface area contributed by atoms with Crippen molar-refractivity contribution in [3.05, 3.63) is 82.8 Å². The molecule has 1 N–H and O–H groups in total. The van der Waals surface area contributed by atoms with E-state index in [2.05, 4.69) is 14.4 Å². The maximum Gasteiger partial charge on any atom is 0.337 e. The van der Waals surface area contributed by atoms with Gasteiger partial charge in [0.1, 0.15) is 16.5 Å². The van der Waals surface area contributed by atoms with Crippen LogP contribution in [0.2, 0.25) is 5.02 Å². The SMILES string of the molecule is COC(=O)c1ccc(Cl)c(S(=O)(=O)NCc2ccnc(Oc3ccc(F)cc3)c2)c1. The van der Waals surface area contributed by atoms with Crippen molar-refractivity contribution in [1.82, 2.24) is 9.71 Å². The maximum atomic E-state index is 13.0. The van der Waals surface area contributed by atoms with Gasteiger partial charge in [-0.15, -0.1) is 0 Å². The molecule has 0 amide bonds. The van der Waals surface area contributed by atoms with Crippen LogP contribution in [0, 0.1) is 5.82 Å². The highest BCUT2D eigenvalue weighted by molar-refractivity contribution is 7.89. The molecule has 7 nitrogen and oxygen atoms in total. The molecule has 2 aromatic carbocycles. The summed E-state index contributed by atoms with van der Waals surface area (Å²) in [6, 6.07) is 12.4. The van der Waals surface area contributed by atoms with Crippen molar-refractivity contribution in [2.45, 2.75) is 11.4 Å². The molecule has 30 heavy (non-hydrogen) atoms. The zero-order valence-corrected chi connectivity index (χ0v) is 17.2. The lowest BCUT2D eigenvalue weighted by Gasteiger charge is -2.11. The van der Waals surface area contributed by atoms with Gasteiger partial charge in [-0.2, -0.15) is 0 Å². The Labute approximate surface area is 177 Å². The molecular formula is C20H16ClFN2O5S. The van der Waals surface area contributed by atoms with Crippen LogP contribution in [0.1, 0.15) is 15.9 Å². The molecule has 3 rings (SSSR count). The number of ether oxygens (including phenoxy) is 2. The van der Waals surface area contributed by atoms with E-state index in [1.54, 1.807) is 12.1 Å². The average molecular weight is 451 g/mol. The van der Waals surface area contributed by atoms with Gasteiger partial charge in [-0.3, -0.25) is 0 Å². The molecule has 10 heteroatoms. The summed E-state index contributed by atoms with van der Waals surface area (Å²) in [5, 5.41) is -0.0368. The summed E-state index contributed by atoms with van der Waals surface area (Å²) in [7, 11) is -2.83. The Bertz CT molecular complexity index is 1170. The number of methoxy groups -OCH3 is 1. The first-order valence-corrected chi connectivity index (χ1v) is 10.4. The number of esters is 1. The van der Waals surface area contributed by atoms with Crippen molar-refractivity contribution in [3.63, 3.8) is 0 Å². The Kier molecular flexibility index (Phi) is 6.66. The molecule has 0 aliphatic heterocycles. The van der Waals surface area contributed by atoms with Crippen LogP contribution in [-0.2, 0) is 21.3 Å². The normalized spacial score (nSPS) is 11.2. The molecule has 0 unspecified atom stereocenters. The highest BCUT2D eigenvalue weighted by atomic mass is 35.5. The zero-order valence-electron chi connectivity index (χ0n) is 15.6. The first-order valence-electron chi connectivity index (χ1n) is 8.54. The van der Waals surface area contributed by atoms with E-state index >= 15 is 0 Å². The smallest absolute Gasteiger partial charge is 0.337 e. The summed E-state index contributed by atoms with van der Waals surface area (Å²) in [5.74, 6) is -0.481. The second-order valence-corrected chi connectivity index (χ2v) is 8.16. The van der Waals surface area contributed by atoms with Crippen molar-refractivity contribution in [3.8, 4) is 11.6 Å². The van der Waals surface area contributed by atoms with Gasteiger partial charge in [0, 0.05) is 18.8 Å². The van der Waals surface area contributed by atoms with Gasteiger partial charge in [-0.1, -0.05) is 11.6 Å². The average Bonchev–Trinajstić information content (AvgIpc) is 2.74. The van der Waals surface area contributed by atoms with Crippen LogP contribution in [0.5, 0.6) is 11.6 Å². The van der Waals surface area contributed by atoms with Crippen molar-refractivity contribution >= 4 is 27.6 Å². The number of hydrogen-bond donors (Lipinski definition) is 1. The first-order chi connectivity index (χ1) is 14.3. The number of rotatable bonds is 7. The van der Waals surface area contributed by atoms with Gasteiger partial charge in [0.2, 0.25) is 15.9 Å². The van der Waals surface area contributed by atoms with E-state index in [0.29, 0.717) is 11.3 Å². The fourth-order valence-electron chi connectivity index (χ4n) is 2.45. The van der Waals surface area contributed by atoms with Gasteiger partial charge >= 0.3 is 5.97 Å². The Morgan fingerprint density at radius 1 is 1.13 bits per heavy atom. The molecule has 0 bridgehead atoms. The van der Waals surface area contributed by atoms with Gasteiger partial charge in [0.15, 0.2) is 0 Å². The Balaban J connectivity index is 1.75. The lowest BCUT2D eigenvalue weighted by atomic mass is 10.2. The summed E-state index contributed by atoms with van der Waals surface area (Å²) in [4.78, 5) is 15.5. The standard InChI is InChI=1S/C20H16ClFN2O5S/c1-28-20(25)14-2-7-17(21)18(11-14)30(26,27)24-12-13-8-9-23-19(10-13)29-16-5-3-15(22)4-6-16/h2-11,24H,12H2,1H3. The monoisotopic (exact) mass is 450 g/mol. The Morgan fingerprint density at radius 3 is 2.57 bits per heavy atom. The van der Waals surface area contributed by atoms with E-state index in [-0.39, 0.29) is 27.9 Å². The van der Waals surface area contributed by atoms with E-state index in [0.717, 1.165) is 6.07 Å². The number of carbonyl (C=O) groups is 1. The molecule has 0 aliphatic carbocycles. The van der Waals surface area contributed by atoms with Gasteiger partial charge in [0.25, 0.3) is 0 Å². The van der Waals surface area contributed by atoms with Crippen molar-refractivity contribution in [2.24, 2.45) is 0 Å². The largest absolute Gasteiger partial charge is 0.465 e. The number of sulfonamides is 1. The van der Waals surface area contributed by atoms with E-state index < -0.39 is 21.8 Å². The summed E-state index contributed by atoms with van der Waals surface area (Å²) in [6.45, 7) is -0.0799. The van der Waals surface area contributed by atoms with E-state index in [1.165, 1.54) is 49.7 Å². The van der Waals surface area contributed by atoms with Crippen molar-refractivity contribution in [2.75, 3.05) is 7.11 Å². The maximum absolute atomic E-state index is 13.0. The van der Waals surface area contributed by atoms with Crippen LogP contribution >= 0.6 is 11.6 Å². The molecule has 0 aliphatic rings. The number of benzene rings is 2. The molecule has 0 spiro atoms. The van der Waals surface area contributed by atoms with Gasteiger partial charge in [-0.05, 0) is 54.1 Å². The quantitative estimate of drug-likeness (QED) is 0.548. The third-order valence-corrected chi connectivity index (χ3v) is 5.83. The number of aromatic nitrogens is 1. The number of halogens is 2. The highest BCUT2D eigenvalue weighted by Gasteiger charge is 2.20. The predicted octanol–water partition coefficient (Wildman–Crippen LogP) is 3.93. The molecule has 0 fully saturated rings. The highest BCUT2D eigenvalue weighted by Crippen LogP contribution is 2.24. The topological polar surface area (TPSA) is 94.6 Å². The molecule has 1 aromatic heterocycles. The molecule has 3 aromatic rings. The van der Waals surface area contributed by atoms with Gasteiger partial charge in [0.05, 0.1) is 17.7 Å². The number of nitrogens with one attached hydrogen (secondary N) is 1. The zero-order chi connectivity index (χ0) is 21.7. The second kappa shape index (κ2) is 9.21. The fraction of sp³-hybridized carbons (Fsp3) is 0.100. The number of nitrogens with zero attached hydrogens (tertiary/aromatic N) is 1. The van der Waals surface area contributed by atoms with Crippen LogP contribution in [0.4, 0.5) is 4.39 Å². The summed E-state index contributed by atoms with van der Waals surface area (Å²) in [5.41, 5.74) is 0.618. The minimum Gasteiger partial charge on any atom is -0.465 e. The van der Waals surface area contributed by atoms with Crippen LogP contribution in [0.15, 0.2) is 65.7 Å².